The molecule has 0 bridgehead atoms. The average Bonchev–Trinajstić information content (AvgIpc) is 3.42. The van der Waals surface area contributed by atoms with Crippen molar-refractivity contribution in [1.82, 2.24) is 0 Å². The van der Waals surface area contributed by atoms with Gasteiger partial charge in [0.25, 0.3) is 0 Å². The van der Waals surface area contributed by atoms with Crippen molar-refractivity contribution in [1.29, 1.82) is 0 Å². The molecule has 2 N–H and O–H groups in total. The van der Waals surface area contributed by atoms with Gasteiger partial charge in [0.05, 0.1) is 12.2 Å². The number of carbonyl (C=O) groups is 2. The van der Waals surface area contributed by atoms with E-state index in [0.717, 1.165) is 12.1 Å². The summed E-state index contributed by atoms with van der Waals surface area (Å²) in [5, 5.41) is 15.1. The summed E-state index contributed by atoms with van der Waals surface area (Å²) in [6, 6.07) is 7.36. The third kappa shape index (κ3) is 4.43. The first-order valence-electron chi connectivity index (χ1n) is 15.9. The molecule has 1 heterocycles. The van der Waals surface area contributed by atoms with Gasteiger partial charge in [0.2, 0.25) is 5.78 Å². The van der Waals surface area contributed by atoms with Gasteiger partial charge in [0.15, 0.2) is 23.3 Å². The van der Waals surface area contributed by atoms with Gasteiger partial charge < -0.3 is 24.6 Å². The Morgan fingerprint density at radius 2 is 1.86 bits per heavy atom. The maximum absolute atomic E-state index is 17.6. The molecule has 1 unspecified atom stereocenters. The molecule has 0 aromatic heterocycles. The molecule has 0 spiro atoms. The van der Waals surface area contributed by atoms with Crippen LogP contribution < -0.4 is 10.1 Å². The maximum atomic E-state index is 17.6. The highest BCUT2D eigenvalue weighted by Gasteiger charge is 2.80. The quantitative estimate of drug-likeness (QED) is 0.387. The number of anilines is 1. The predicted molar refractivity (Wildman–Crippen MR) is 162 cm³/mol. The van der Waals surface area contributed by atoms with Crippen molar-refractivity contribution in [2.45, 2.75) is 115 Å². The number of aliphatic hydroxyl groups is 1. The summed E-state index contributed by atoms with van der Waals surface area (Å²) >= 11 is 0. The highest BCUT2D eigenvalue weighted by atomic mass is 19.1. The number of nitrogens with one attached hydrogen (secondary N) is 1. The van der Waals surface area contributed by atoms with Gasteiger partial charge in [-0.1, -0.05) is 26.3 Å². The number of fused-ring (bicyclic) bond motifs is 7. The lowest BCUT2D eigenvalue weighted by molar-refractivity contribution is -0.234. The first-order valence-corrected chi connectivity index (χ1v) is 15.9. The smallest absolute Gasteiger partial charge is 0.205 e. The van der Waals surface area contributed by atoms with Crippen molar-refractivity contribution in [2.75, 3.05) is 11.9 Å². The number of allylic oxidation sites excluding steroid dienone is 4. The molecule has 0 radical (unpaired) electrons. The molecular formula is C35H45F2NO6. The number of ether oxygens (including phenoxy) is 3. The average molecular weight is 614 g/mol. The van der Waals surface area contributed by atoms with Crippen molar-refractivity contribution in [3.63, 3.8) is 0 Å². The maximum Gasteiger partial charge on any atom is 0.205 e. The number of carbonyl (C=O) groups excluding carboxylic acids is 2. The van der Waals surface area contributed by atoms with Gasteiger partial charge in [-0.2, -0.15) is 0 Å². The molecule has 1 aromatic carbocycles. The summed E-state index contributed by atoms with van der Waals surface area (Å²) < 4.78 is 52.4. The zero-order valence-corrected chi connectivity index (χ0v) is 26.5. The van der Waals surface area contributed by atoms with E-state index in [2.05, 4.69) is 26.1 Å². The Bertz CT molecular complexity index is 1390. The number of hydrogen-bond donors (Lipinski definition) is 2. The monoisotopic (exact) mass is 613 g/mol. The molecule has 1 aromatic rings. The Balaban J connectivity index is 1.32. The highest BCUT2D eigenvalue weighted by molar-refractivity contribution is 6.01. The van der Waals surface area contributed by atoms with Crippen LogP contribution in [-0.4, -0.2) is 64.8 Å². The first-order chi connectivity index (χ1) is 20.6. The van der Waals surface area contributed by atoms with Crippen LogP contribution in [0.25, 0.3) is 0 Å². The Morgan fingerprint density at radius 3 is 2.52 bits per heavy atom. The lowest BCUT2D eigenvalue weighted by atomic mass is 9.44. The van der Waals surface area contributed by atoms with Crippen molar-refractivity contribution >= 4 is 17.3 Å². The van der Waals surface area contributed by atoms with Crippen LogP contribution in [0.5, 0.6) is 5.75 Å². The van der Waals surface area contributed by atoms with Crippen LogP contribution in [0.1, 0.15) is 73.6 Å². The molecular weight excluding hydrogens is 568 g/mol. The van der Waals surface area contributed by atoms with Crippen LogP contribution in [0.15, 0.2) is 48.1 Å². The van der Waals surface area contributed by atoms with E-state index in [4.69, 9.17) is 14.2 Å². The fraction of sp³-hybridized carbons (Fsp3) is 0.657. The number of rotatable bonds is 7. The number of benzene rings is 1. The molecule has 5 aliphatic rings. The SMILES string of the molecule is CCCC1O[C@@H]2C[C@H]3[C@@H]4C[C@H](F)C5=CC(=O)C=C[C@]5(C)[C@@]4(F)[C@@H](O)C[C@]3(C)[C@]2(C(=O)COc2ccc(NC(C)(C)C)cc2)O1. The standard InChI is InChI=1S/C35H45F2NO6/c1-7-8-30-43-29-17-23-24-16-26(36)25-15-21(39)13-14-32(25,5)34(24,37)27(40)18-33(23,6)35(29,44-30)28(41)19-42-22-11-9-20(10-12-22)38-31(2,3)4/h9-15,23-24,26-27,29-30,38,40H,7-8,16-19H2,1-6H3/t23-,24-,26-,27-,29+,30?,32-,33-,34-,35+/m0/s1. The minimum atomic E-state index is -2.24. The van der Waals surface area contributed by atoms with E-state index in [1.165, 1.54) is 18.2 Å². The fourth-order valence-corrected chi connectivity index (χ4v) is 9.21. The second-order valence-electron chi connectivity index (χ2n) is 14.9. The molecule has 240 valence electrons. The van der Waals surface area contributed by atoms with Gasteiger partial charge in [-0.3, -0.25) is 9.59 Å². The number of ketones is 2. The lowest BCUT2D eigenvalue weighted by Crippen LogP contribution is -2.71. The van der Waals surface area contributed by atoms with Crippen molar-refractivity contribution < 1.29 is 37.7 Å². The van der Waals surface area contributed by atoms with Gasteiger partial charge in [0, 0.05) is 28.0 Å². The molecule has 4 aliphatic carbocycles. The summed E-state index contributed by atoms with van der Waals surface area (Å²) in [4.78, 5) is 26.5. The van der Waals surface area contributed by atoms with Crippen LogP contribution in [0.3, 0.4) is 0 Å². The topological polar surface area (TPSA) is 94.1 Å². The summed E-state index contributed by atoms with van der Waals surface area (Å²) in [7, 11) is 0. The summed E-state index contributed by atoms with van der Waals surface area (Å²) in [6.45, 7) is 11.3. The number of Topliss-reactive ketones (excluding diaryl/α,β-unsaturated/α-hetero) is 1. The molecule has 0 amide bonds. The summed E-state index contributed by atoms with van der Waals surface area (Å²) in [6.07, 6.45) is 0.831. The summed E-state index contributed by atoms with van der Waals surface area (Å²) in [5.74, 6) is -1.65. The van der Waals surface area contributed by atoms with E-state index in [1.807, 2.05) is 26.0 Å². The number of aliphatic hydroxyl groups excluding tert-OH is 1. The molecule has 44 heavy (non-hydrogen) atoms. The molecule has 10 atom stereocenters. The molecule has 7 nitrogen and oxygen atoms in total. The van der Waals surface area contributed by atoms with Gasteiger partial charge >= 0.3 is 0 Å². The largest absolute Gasteiger partial charge is 0.486 e. The zero-order chi connectivity index (χ0) is 31.9. The highest BCUT2D eigenvalue weighted by Crippen LogP contribution is 2.72. The number of alkyl halides is 2. The van der Waals surface area contributed by atoms with Crippen LogP contribution in [0.2, 0.25) is 0 Å². The van der Waals surface area contributed by atoms with Crippen molar-refractivity contribution in [3.05, 3.63) is 48.1 Å². The zero-order valence-electron chi connectivity index (χ0n) is 26.5. The van der Waals surface area contributed by atoms with Crippen LogP contribution in [-0.2, 0) is 19.1 Å². The van der Waals surface area contributed by atoms with E-state index in [-0.39, 0.29) is 42.1 Å². The molecule has 3 saturated carbocycles. The minimum absolute atomic E-state index is 0.0722. The second-order valence-corrected chi connectivity index (χ2v) is 14.9. The van der Waals surface area contributed by atoms with Crippen LogP contribution in [0.4, 0.5) is 14.5 Å². The first kappa shape index (κ1) is 31.4. The van der Waals surface area contributed by atoms with Crippen molar-refractivity contribution in [2.24, 2.45) is 22.7 Å². The number of hydrogen-bond acceptors (Lipinski definition) is 7. The molecule has 4 fully saturated rings. The second kappa shape index (κ2) is 10.5. The Morgan fingerprint density at radius 1 is 1.16 bits per heavy atom. The predicted octanol–water partition coefficient (Wildman–Crippen LogP) is 6.05. The molecule has 1 aliphatic heterocycles. The van der Waals surface area contributed by atoms with Crippen LogP contribution in [0, 0.1) is 22.7 Å². The molecule has 1 saturated heterocycles. The van der Waals surface area contributed by atoms with Crippen molar-refractivity contribution in [3.8, 4) is 5.75 Å². The van der Waals surface area contributed by atoms with E-state index in [1.54, 1.807) is 19.1 Å². The van der Waals surface area contributed by atoms with Crippen LogP contribution >= 0.6 is 0 Å². The van der Waals surface area contributed by atoms with Gasteiger partial charge in [-0.05, 0) is 101 Å². The molecule has 9 heteroatoms. The fourth-order valence-electron chi connectivity index (χ4n) is 9.21. The Hall–Kier alpha value is -2.62. The lowest BCUT2D eigenvalue weighted by Gasteiger charge is -2.63. The van der Waals surface area contributed by atoms with Gasteiger partial charge in [-0.25, -0.2) is 8.78 Å². The Kier molecular flexibility index (Phi) is 7.46. The number of halogens is 2. The van der Waals surface area contributed by atoms with E-state index < -0.39 is 58.6 Å². The third-order valence-corrected chi connectivity index (χ3v) is 11.1. The van der Waals surface area contributed by atoms with E-state index >= 15 is 8.78 Å². The Labute approximate surface area is 258 Å². The third-order valence-electron chi connectivity index (χ3n) is 11.1. The van der Waals surface area contributed by atoms with E-state index in [0.29, 0.717) is 18.6 Å². The minimum Gasteiger partial charge on any atom is -0.486 e. The van der Waals surface area contributed by atoms with E-state index in [9.17, 15) is 14.7 Å². The molecule has 6 rings (SSSR count). The van der Waals surface area contributed by atoms with Gasteiger partial charge in [0.1, 0.15) is 18.5 Å². The normalized spacial score (nSPS) is 42.6. The summed E-state index contributed by atoms with van der Waals surface area (Å²) in [5.41, 5.74) is -5.40. The van der Waals surface area contributed by atoms with Gasteiger partial charge in [-0.15, -0.1) is 0 Å².